The maximum atomic E-state index is 11.8. The number of rotatable bonds is 6. The third-order valence-corrected chi connectivity index (χ3v) is 4.14. The van der Waals surface area contributed by atoms with Crippen LogP contribution in [-0.2, 0) is 16.0 Å². The average Bonchev–Trinajstić information content (AvgIpc) is 2.49. The summed E-state index contributed by atoms with van der Waals surface area (Å²) in [6.07, 6.45) is 1.23. The molecule has 0 unspecified atom stereocenters. The van der Waals surface area contributed by atoms with Crippen molar-refractivity contribution in [3.05, 3.63) is 34.3 Å². The second-order valence-corrected chi connectivity index (χ2v) is 5.79. The molecule has 1 aliphatic heterocycles. The van der Waals surface area contributed by atoms with Gasteiger partial charge in [0.15, 0.2) is 0 Å². The fourth-order valence-electron chi connectivity index (χ4n) is 2.32. The number of benzene rings is 1. The highest BCUT2D eigenvalue weighted by Gasteiger charge is 2.10. The lowest BCUT2D eigenvalue weighted by atomic mass is 10.1. The molecule has 116 valence electrons. The fraction of sp³-hybridized carbons (Fsp3) is 0.562. The number of amides is 1. The van der Waals surface area contributed by atoms with E-state index in [2.05, 4.69) is 10.2 Å². The van der Waals surface area contributed by atoms with Crippen LogP contribution in [0.15, 0.2) is 18.2 Å². The Kier molecular flexibility index (Phi) is 6.49. The van der Waals surface area contributed by atoms with Crippen LogP contribution < -0.4 is 5.32 Å². The van der Waals surface area contributed by atoms with Crippen LogP contribution in [0.1, 0.15) is 17.5 Å². The van der Waals surface area contributed by atoms with E-state index in [9.17, 15) is 4.79 Å². The molecule has 1 aromatic carbocycles. The van der Waals surface area contributed by atoms with Crippen LogP contribution >= 0.6 is 11.6 Å². The van der Waals surface area contributed by atoms with E-state index in [0.717, 1.165) is 55.4 Å². The molecule has 0 atom stereocenters. The SMILES string of the molecule is Cc1ccc(CCC(=O)NCCN2CCOCC2)cc1Cl. The van der Waals surface area contributed by atoms with Gasteiger partial charge in [0.05, 0.1) is 13.2 Å². The van der Waals surface area contributed by atoms with Crippen LogP contribution in [0, 0.1) is 6.92 Å². The fourth-order valence-corrected chi connectivity index (χ4v) is 2.52. The van der Waals surface area contributed by atoms with Gasteiger partial charge in [0.1, 0.15) is 0 Å². The first-order valence-electron chi connectivity index (χ1n) is 7.47. The second kappa shape index (κ2) is 8.37. The monoisotopic (exact) mass is 310 g/mol. The summed E-state index contributed by atoms with van der Waals surface area (Å²) >= 11 is 6.08. The number of nitrogens with one attached hydrogen (secondary N) is 1. The number of ether oxygens (including phenoxy) is 1. The van der Waals surface area contributed by atoms with Gasteiger partial charge in [0, 0.05) is 37.6 Å². The number of nitrogens with zero attached hydrogens (tertiary/aromatic N) is 1. The molecule has 0 spiro atoms. The van der Waals surface area contributed by atoms with E-state index in [1.54, 1.807) is 0 Å². The van der Waals surface area contributed by atoms with Crippen LogP contribution in [-0.4, -0.2) is 50.2 Å². The highest BCUT2D eigenvalue weighted by Crippen LogP contribution is 2.17. The van der Waals surface area contributed by atoms with E-state index in [1.165, 1.54) is 0 Å². The minimum absolute atomic E-state index is 0.0972. The zero-order chi connectivity index (χ0) is 15.1. The highest BCUT2D eigenvalue weighted by molar-refractivity contribution is 6.31. The molecule has 1 fully saturated rings. The van der Waals surface area contributed by atoms with Gasteiger partial charge in [-0.1, -0.05) is 23.7 Å². The van der Waals surface area contributed by atoms with Crippen LogP contribution in [0.5, 0.6) is 0 Å². The molecule has 1 aromatic rings. The summed E-state index contributed by atoms with van der Waals surface area (Å²) < 4.78 is 5.29. The summed E-state index contributed by atoms with van der Waals surface area (Å²) in [5.74, 6) is 0.0972. The molecule has 1 saturated heterocycles. The Morgan fingerprint density at radius 3 is 2.86 bits per heavy atom. The van der Waals surface area contributed by atoms with Crippen LogP contribution in [0.3, 0.4) is 0 Å². The van der Waals surface area contributed by atoms with Crippen LogP contribution in [0.2, 0.25) is 5.02 Å². The number of halogens is 1. The number of carbonyl (C=O) groups is 1. The van der Waals surface area contributed by atoms with Crippen molar-refractivity contribution >= 4 is 17.5 Å². The zero-order valence-electron chi connectivity index (χ0n) is 12.5. The minimum atomic E-state index is 0.0972. The Morgan fingerprint density at radius 1 is 1.38 bits per heavy atom. The van der Waals surface area contributed by atoms with E-state index in [1.807, 2.05) is 25.1 Å². The lowest BCUT2D eigenvalue weighted by Gasteiger charge is -2.26. The highest BCUT2D eigenvalue weighted by atomic mass is 35.5. The molecule has 21 heavy (non-hydrogen) atoms. The largest absolute Gasteiger partial charge is 0.379 e. The van der Waals surface area contributed by atoms with Gasteiger partial charge in [0.2, 0.25) is 5.91 Å². The van der Waals surface area contributed by atoms with E-state index in [4.69, 9.17) is 16.3 Å². The topological polar surface area (TPSA) is 41.6 Å². The summed E-state index contributed by atoms with van der Waals surface area (Å²) in [7, 11) is 0. The molecule has 0 radical (unpaired) electrons. The first-order valence-corrected chi connectivity index (χ1v) is 7.85. The molecule has 0 saturated carbocycles. The minimum Gasteiger partial charge on any atom is -0.379 e. The molecule has 1 amide bonds. The van der Waals surface area contributed by atoms with E-state index < -0.39 is 0 Å². The van der Waals surface area contributed by atoms with Crippen molar-refractivity contribution < 1.29 is 9.53 Å². The summed E-state index contributed by atoms with van der Waals surface area (Å²) in [4.78, 5) is 14.1. The number of aryl methyl sites for hydroxylation is 2. The summed E-state index contributed by atoms with van der Waals surface area (Å²) in [5.41, 5.74) is 2.17. The van der Waals surface area contributed by atoms with Crippen molar-refractivity contribution in [1.82, 2.24) is 10.2 Å². The maximum absolute atomic E-state index is 11.8. The first-order chi connectivity index (χ1) is 10.1. The molecular weight excluding hydrogens is 288 g/mol. The Morgan fingerprint density at radius 2 is 2.14 bits per heavy atom. The molecular formula is C16H23ClN2O2. The number of morpholine rings is 1. The lowest BCUT2D eigenvalue weighted by molar-refractivity contribution is -0.121. The standard InChI is InChI=1S/C16H23ClN2O2/c1-13-2-3-14(12-15(13)17)4-5-16(20)18-6-7-19-8-10-21-11-9-19/h2-3,12H,4-11H2,1H3,(H,18,20). The number of hydrogen-bond donors (Lipinski definition) is 1. The summed E-state index contributed by atoms with van der Waals surface area (Å²) in [6, 6.07) is 5.97. The van der Waals surface area contributed by atoms with Crippen molar-refractivity contribution in [3.8, 4) is 0 Å². The average molecular weight is 311 g/mol. The molecule has 4 nitrogen and oxygen atoms in total. The van der Waals surface area contributed by atoms with Gasteiger partial charge in [-0.25, -0.2) is 0 Å². The van der Waals surface area contributed by atoms with E-state index >= 15 is 0 Å². The predicted molar refractivity (Wildman–Crippen MR) is 84.8 cm³/mol. The normalized spacial score (nSPS) is 15.9. The number of carbonyl (C=O) groups excluding carboxylic acids is 1. The zero-order valence-corrected chi connectivity index (χ0v) is 13.3. The Bertz CT molecular complexity index is 473. The molecule has 1 aliphatic rings. The van der Waals surface area contributed by atoms with Crippen molar-refractivity contribution in [2.75, 3.05) is 39.4 Å². The van der Waals surface area contributed by atoms with Crippen LogP contribution in [0.25, 0.3) is 0 Å². The van der Waals surface area contributed by atoms with Gasteiger partial charge in [-0.2, -0.15) is 0 Å². The Balaban J connectivity index is 1.63. The molecule has 0 aliphatic carbocycles. The van der Waals surface area contributed by atoms with E-state index in [-0.39, 0.29) is 5.91 Å². The molecule has 0 bridgehead atoms. The summed E-state index contributed by atoms with van der Waals surface area (Å²) in [5, 5.41) is 3.74. The third-order valence-electron chi connectivity index (χ3n) is 3.73. The van der Waals surface area contributed by atoms with Gasteiger partial charge in [-0.15, -0.1) is 0 Å². The Hall–Kier alpha value is -1.10. The van der Waals surface area contributed by atoms with Crippen LogP contribution in [0.4, 0.5) is 0 Å². The first kappa shape index (κ1) is 16.3. The molecule has 1 N–H and O–H groups in total. The van der Waals surface area contributed by atoms with Crippen molar-refractivity contribution in [2.45, 2.75) is 19.8 Å². The lowest BCUT2D eigenvalue weighted by Crippen LogP contribution is -2.41. The smallest absolute Gasteiger partial charge is 0.220 e. The predicted octanol–water partition coefficient (Wildman–Crippen LogP) is 2.03. The van der Waals surface area contributed by atoms with Crippen molar-refractivity contribution in [2.24, 2.45) is 0 Å². The van der Waals surface area contributed by atoms with Crippen molar-refractivity contribution in [3.63, 3.8) is 0 Å². The second-order valence-electron chi connectivity index (χ2n) is 5.39. The molecule has 1 heterocycles. The van der Waals surface area contributed by atoms with Gasteiger partial charge in [-0.3, -0.25) is 9.69 Å². The quantitative estimate of drug-likeness (QED) is 0.874. The summed E-state index contributed by atoms with van der Waals surface area (Å²) in [6.45, 7) is 7.07. The van der Waals surface area contributed by atoms with Gasteiger partial charge >= 0.3 is 0 Å². The molecule has 5 heteroatoms. The third kappa shape index (κ3) is 5.65. The molecule has 0 aromatic heterocycles. The van der Waals surface area contributed by atoms with Crippen molar-refractivity contribution in [1.29, 1.82) is 0 Å². The van der Waals surface area contributed by atoms with Gasteiger partial charge < -0.3 is 10.1 Å². The number of hydrogen-bond acceptors (Lipinski definition) is 3. The van der Waals surface area contributed by atoms with Gasteiger partial charge in [-0.05, 0) is 30.5 Å². The van der Waals surface area contributed by atoms with E-state index in [0.29, 0.717) is 13.0 Å². The molecule has 2 rings (SSSR count). The maximum Gasteiger partial charge on any atom is 0.220 e. The Labute approximate surface area is 131 Å². The van der Waals surface area contributed by atoms with Gasteiger partial charge in [0.25, 0.3) is 0 Å².